The predicted octanol–water partition coefficient (Wildman–Crippen LogP) is 1.91. The highest BCUT2D eigenvalue weighted by Gasteiger charge is 2.20. The molecule has 1 fully saturated rings. The number of anilines is 1. The van der Waals surface area contributed by atoms with Crippen molar-refractivity contribution in [2.75, 3.05) is 17.7 Å². The van der Waals surface area contributed by atoms with Gasteiger partial charge in [0.05, 0.1) is 18.4 Å². The molecule has 1 amide bonds. The van der Waals surface area contributed by atoms with Crippen LogP contribution in [0.25, 0.3) is 0 Å². The minimum Gasteiger partial charge on any atom is -0.376 e. The van der Waals surface area contributed by atoms with Gasteiger partial charge in [0.15, 0.2) is 5.16 Å². The lowest BCUT2D eigenvalue weighted by molar-refractivity contribution is -0.113. The largest absolute Gasteiger partial charge is 0.376 e. The number of hydrogen-bond acceptors (Lipinski definition) is 8. The topological polar surface area (TPSA) is 94.8 Å². The summed E-state index contributed by atoms with van der Waals surface area (Å²) in [4.78, 5) is 12.1. The Morgan fingerprint density at radius 2 is 2.29 bits per heavy atom. The first-order chi connectivity index (χ1) is 11.7. The molecule has 2 aromatic heterocycles. The minimum atomic E-state index is -0.122. The van der Waals surface area contributed by atoms with Crippen molar-refractivity contribution in [3.8, 4) is 0 Å². The van der Waals surface area contributed by atoms with E-state index in [-0.39, 0.29) is 17.8 Å². The molecule has 130 valence electrons. The third-order valence-electron chi connectivity index (χ3n) is 3.66. The maximum Gasteiger partial charge on any atom is 0.236 e. The monoisotopic (exact) mass is 368 g/mol. The first kappa shape index (κ1) is 17.3. The molecule has 8 nitrogen and oxygen atoms in total. The van der Waals surface area contributed by atoms with Crippen molar-refractivity contribution in [3.63, 3.8) is 0 Å². The van der Waals surface area contributed by atoms with Gasteiger partial charge in [0.2, 0.25) is 11.0 Å². The van der Waals surface area contributed by atoms with E-state index in [9.17, 15) is 4.79 Å². The van der Waals surface area contributed by atoms with Crippen LogP contribution in [0.5, 0.6) is 0 Å². The van der Waals surface area contributed by atoms with Crippen LogP contribution in [0.1, 0.15) is 30.6 Å². The van der Waals surface area contributed by atoms with E-state index in [2.05, 4.69) is 25.7 Å². The molecule has 0 saturated carbocycles. The molecule has 1 saturated heterocycles. The van der Waals surface area contributed by atoms with Crippen molar-refractivity contribution in [1.29, 1.82) is 0 Å². The molecule has 0 aromatic carbocycles. The van der Waals surface area contributed by atoms with Gasteiger partial charge in [-0.15, -0.1) is 20.4 Å². The predicted molar refractivity (Wildman–Crippen MR) is 92.4 cm³/mol. The van der Waals surface area contributed by atoms with Crippen LogP contribution in [-0.4, -0.2) is 49.3 Å². The lowest BCUT2D eigenvalue weighted by Crippen LogP contribution is -2.18. The van der Waals surface area contributed by atoms with Gasteiger partial charge < -0.3 is 9.30 Å². The molecule has 1 aliphatic rings. The zero-order valence-corrected chi connectivity index (χ0v) is 15.3. The molecule has 0 bridgehead atoms. The molecule has 2 aromatic rings. The summed E-state index contributed by atoms with van der Waals surface area (Å²) in [7, 11) is 0. The Morgan fingerprint density at radius 1 is 1.42 bits per heavy atom. The summed E-state index contributed by atoms with van der Waals surface area (Å²) >= 11 is 2.77. The van der Waals surface area contributed by atoms with E-state index < -0.39 is 0 Å². The molecule has 1 N–H and O–H groups in total. The highest BCUT2D eigenvalue weighted by atomic mass is 32.2. The van der Waals surface area contributed by atoms with Gasteiger partial charge in [-0.2, -0.15) is 0 Å². The highest BCUT2D eigenvalue weighted by molar-refractivity contribution is 7.99. The van der Waals surface area contributed by atoms with Gasteiger partial charge in [-0.05, 0) is 26.2 Å². The summed E-state index contributed by atoms with van der Waals surface area (Å²) in [5, 5.41) is 21.2. The van der Waals surface area contributed by atoms with Crippen LogP contribution in [-0.2, 0) is 22.5 Å². The molecule has 0 spiro atoms. The standard InChI is InChI=1S/C14H20N6O2S2/c1-3-12-17-18-13(24-12)15-11(21)8-23-14-19-16-9(2)20(14)7-10-5-4-6-22-10/h10H,3-8H2,1-2H3,(H,15,18,21)/t10-/m1/s1. The number of thioether (sulfide) groups is 1. The SMILES string of the molecule is CCc1nnc(NC(=O)CSc2nnc(C)n2C[C@H]2CCCO2)s1. The smallest absolute Gasteiger partial charge is 0.236 e. The summed E-state index contributed by atoms with van der Waals surface area (Å²) < 4.78 is 7.70. The average Bonchev–Trinajstić information content (AvgIpc) is 3.30. The molecule has 24 heavy (non-hydrogen) atoms. The molecular formula is C14H20N6O2S2. The van der Waals surface area contributed by atoms with E-state index in [0.29, 0.717) is 5.13 Å². The van der Waals surface area contributed by atoms with Crippen molar-refractivity contribution in [2.24, 2.45) is 0 Å². The van der Waals surface area contributed by atoms with Gasteiger partial charge in [0.1, 0.15) is 10.8 Å². The maximum atomic E-state index is 12.1. The fourth-order valence-electron chi connectivity index (χ4n) is 2.40. The molecule has 3 rings (SSSR count). The van der Waals surface area contributed by atoms with Crippen molar-refractivity contribution in [3.05, 3.63) is 10.8 Å². The van der Waals surface area contributed by atoms with Gasteiger partial charge in [-0.3, -0.25) is 10.1 Å². The number of carbonyl (C=O) groups excluding carboxylic acids is 1. The van der Waals surface area contributed by atoms with Crippen LogP contribution >= 0.6 is 23.1 Å². The Labute approximate surface area is 148 Å². The number of ether oxygens (including phenoxy) is 1. The Kier molecular flexibility index (Phi) is 5.80. The van der Waals surface area contributed by atoms with Gasteiger partial charge in [-0.25, -0.2) is 0 Å². The zero-order valence-electron chi connectivity index (χ0n) is 13.7. The summed E-state index contributed by atoms with van der Waals surface area (Å²) in [5.41, 5.74) is 0. The van der Waals surface area contributed by atoms with Crippen molar-refractivity contribution in [2.45, 2.75) is 50.9 Å². The van der Waals surface area contributed by atoms with Gasteiger partial charge in [0, 0.05) is 6.61 Å². The number of aromatic nitrogens is 5. The van der Waals surface area contributed by atoms with E-state index in [0.717, 1.165) is 48.4 Å². The van der Waals surface area contributed by atoms with Crippen molar-refractivity contribution in [1.82, 2.24) is 25.0 Å². The van der Waals surface area contributed by atoms with Crippen molar-refractivity contribution >= 4 is 34.1 Å². The second kappa shape index (κ2) is 8.04. The van der Waals surface area contributed by atoms with Gasteiger partial charge in [-0.1, -0.05) is 30.0 Å². The van der Waals surface area contributed by atoms with Crippen LogP contribution in [0, 0.1) is 6.92 Å². The first-order valence-electron chi connectivity index (χ1n) is 7.92. The van der Waals surface area contributed by atoms with E-state index >= 15 is 0 Å². The fourth-order valence-corrected chi connectivity index (χ4v) is 3.89. The molecule has 10 heteroatoms. The second-order valence-corrected chi connectivity index (χ2v) is 7.47. The quantitative estimate of drug-likeness (QED) is 0.746. The third kappa shape index (κ3) is 4.31. The lowest BCUT2D eigenvalue weighted by atomic mass is 10.2. The molecule has 0 aliphatic carbocycles. The molecule has 1 atom stereocenters. The van der Waals surface area contributed by atoms with Crippen LogP contribution < -0.4 is 5.32 Å². The average molecular weight is 368 g/mol. The van der Waals surface area contributed by atoms with E-state index in [4.69, 9.17) is 4.74 Å². The number of hydrogen-bond donors (Lipinski definition) is 1. The first-order valence-corrected chi connectivity index (χ1v) is 9.72. The number of rotatable bonds is 7. The summed E-state index contributed by atoms with van der Waals surface area (Å²) in [6.07, 6.45) is 3.17. The van der Waals surface area contributed by atoms with Crippen LogP contribution in [0.2, 0.25) is 0 Å². The van der Waals surface area contributed by atoms with Gasteiger partial charge in [0.25, 0.3) is 0 Å². The van der Waals surface area contributed by atoms with Crippen molar-refractivity contribution < 1.29 is 9.53 Å². The number of amides is 1. The maximum absolute atomic E-state index is 12.1. The van der Waals surface area contributed by atoms with E-state index in [1.54, 1.807) is 0 Å². The van der Waals surface area contributed by atoms with Crippen LogP contribution in [0.3, 0.4) is 0 Å². The summed E-state index contributed by atoms with van der Waals surface area (Å²) in [6.45, 7) is 5.47. The van der Waals surface area contributed by atoms with E-state index in [1.165, 1.54) is 23.1 Å². The summed E-state index contributed by atoms with van der Waals surface area (Å²) in [5.74, 6) is 0.971. The Bertz CT molecular complexity index is 695. The second-order valence-electron chi connectivity index (χ2n) is 5.47. The van der Waals surface area contributed by atoms with Crippen LogP contribution in [0.4, 0.5) is 5.13 Å². The molecule has 0 radical (unpaired) electrons. The normalized spacial score (nSPS) is 17.3. The number of nitrogens with one attached hydrogen (secondary N) is 1. The Hall–Kier alpha value is -1.52. The zero-order chi connectivity index (χ0) is 16.9. The Morgan fingerprint density at radius 3 is 3.00 bits per heavy atom. The number of carbonyl (C=O) groups is 1. The lowest BCUT2D eigenvalue weighted by Gasteiger charge is -2.13. The highest BCUT2D eigenvalue weighted by Crippen LogP contribution is 2.22. The molecule has 0 unspecified atom stereocenters. The number of nitrogens with zero attached hydrogens (tertiary/aromatic N) is 5. The van der Waals surface area contributed by atoms with Gasteiger partial charge >= 0.3 is 0 Å². The minimum absolute atomic E-state index is 0.122. The number of aryl methyl sites for hydroxylation is 2. The molecular weight excluding hydrogens is 348 g/mol. The Balaban J connectivity index is 1.54. The van der Waals surface area contributed by atoms with E-state index in [1.807, 2.05) is 18.4 Å². The fraction of sp³-hybridized carbons (Fsp3) is 0.643. The summed E-state index contributed by atoms with van der Waals surface area (Å²) in [6, 6.07) is 0. The molecule has 1 aliphatic heterocycles. The van der Waals surface area contributed by atoms with Crippen LogP contribution in [0.15, 0.2) is 5.16 Å². The molecule has 3 heterocycles. The third-order valence-corrected chi connectivity index (χ3v) is 5.61.